The summed E-state index contributed by atoms with van der Waals surface area (Å²) in [4.78, 5) is 2.35. The van der Waals surface area contributed by atoms with Crippen molar-refractivity contribution in [3.8, 4) is 0 Å². The highest BCUT2D eigenvalue weighted by molar-refractivity contribution is 6.30. The second-order valence-corrected chi connectivity index (χ2v) is 5.18. The van der Waals surface area contributed by atoms with Crippen molar-refractivity contribution in [3.63, 3.8) is 0 Å². The molecule has 1 aromatic carbocycles. The number of likely N-dealkylation sites (tertiary alicyclic amines) is 1. The van der Waals surface area contributed by atoms with E-state index < -0.39 is 0 Å². The number of methoxy groups -OCH3 is 2. The number of hydrogen-bond donors (Lipinski definition) is 1. The molecule has 2 atom stereocenters. The number of nitrogens with zero attached hydrogens (tertiary/aromatic N) is 1. The van der Waals surface area contributed by atoms with Crippen LogP contribution in [-0.2, 0) is 9.47 Å². The molecular weight excluding hydrogens is 264 g/mol. The molecule has 0 saturated carbocycles. The summed E-state index contributed by atoms with van der Waals surface area (Å²) in [6.07, 6.45) is 0.354. The maximum atomic E-state index is 5.94. The Balaban J connectivity index is 1.75. The molecule has 1 heterocycles. The van der Waals surface area contributed by atoms with Gasteiger partial charge in [-0.1, -0.05) is 17.7 Å². The van der Waals surface area contributed by atoms with Crippen LogP contribution in [0.3, 0.4) is 0 Å². The van der Waals surface area contributed by atoms with Gasteiger partial charge in [0.15, 0.2) is 0 Å². The molecule has 19 heavy (non-hydrogen) atoms. The maximum Gasteiger partial charge on any atom is 0.0971 e. The van der Waals surface area contributed by atoms with E-state index >= 15 is 0 Å². The molecule has 1 saturated heterocycles. The first-order valence-electron chi connectivity index (χ1n) is 6.50. The van der Waals surface area contributed by atoms with Gasteiger partial charge in [0.05, 0.1) is 12.2 Å². The summed E-state index contributed by atoms with van der Waals surface area (Å²) in [5.74, 6) is 0. The molecule has 5 heteroatoms. The van der Waals surface area contributed by atoms with Crippen molar-refractivity contribution in [1.82, 2.24) is 4.90 Å². The van der Waals surface area contributed by atoms with E-state index in [1.54, 1.807) is 14.2 Å². The van der Waals surface area contributed by atoms with Crippen LogP contribution in [0.15, 0.2) is 24.3 Å². The van der Waals surface area contributed by atoms with Gasteiger partial charge in [0, 0.05) is 51.1 Å². The Morgan fingerprint density at radius 2 is 1.95 bits per heavy atom. The lowest BCUT2D eigenvalue weighted by Gasteiger charge is -2.16. The monoisotopic (exact) mass is 284 g/mol. The summed E-state index contributed by atoms with van der Waals surface area (Å²) < 4.78 is 10.8. The molecule has 0 amide bonds. The van der Waals surface area contributed by atoms with Gasteiger partial charge in [-0.15, -0.1) is 0 Å². The number of rotatable bonds is 6. The fourth-order valence-electron chi connectivity index (χ4n) is 2.41. The van der Waals surface area contributed by atoms with E-state index in [0.717, 1.165) is 36.9 Å². The highest BCUT2D eigenvalue weighted by Crippen LogP contribution is 2.16. The quantitative estimate of drug-likeness (QED) is 0.867. The summed E-state index contributed by atoms with van der Waals surface area (Å²) in [5, 5.41) is 4.13. The van der Waals surface area contributed by atoms with Crippen LogP contribution in [0.25, 0.3) is 0 Å². The topological polar surface area (TPSA) is 33.7 Å². The van der Waals surface area contributed by atoms with Crippen molar-refractivity contribution >= 4 is 17.3 Å². The van der Waals surface area contributed by atoms with E-state index in [1.165, 1.54) is 0 Å². The van der Waals surface area contributed by atoms with Crippen LogP contribution in [0, 0.1) is 0 Å². The number of hydrogen-bond acceptors (Lipinski definition) is 4. The molecule has 0 aliphatic carbocycles. The van der Waals surface area contributed by atoms with Crippen molar-refractivity contribution in [2.75, 3.05) is 45.7 Å². The zero-order valence-corrected chi connectivity index (χ0v) is 12.2. The Hall–Kier alpha value is -0.810. The van der Waals surface area contributed by atoms with E-state index in [2.05, 4.69) is 10.2 Å². The Morgan fingerprint density at radius 1 is 1.26 bits per heavy atom. The fourth-order valence-corrected chi connectivity index (χ4v) is 2.60. The van der Waals surface area contributed by atoms with Gasteiger partial charge in [-0.3, -0.25) is 4.90 Å². The number of benzene rings is 1. The predicted octanol–water partition coefficient (Wildman–Crippen LogP) is 2.10. The largest absolute Gasteiger partial charge is 0.384 e. The lowest BCUT2D eigenvalue weighted by Crippen LogP contribution is -2.28. The van der Waals surface area contributed by atoms with Gasteiger partial charge in [0.2, 0.25) is 0 Å². The fraction of sp³-hybridized carbons (Fsp3) is 0.571. The number of anilines is 1. The van der Waals surface area contributed by atoms with Gasteiger partial charge >= 0.3 is 0 Å². The number of ether oxygens (including phenoxy) is 2. The third-order valence-electron chi connectivity index (χ3n) is 3.48. The third kappa shape index (κ3) is 4.08. The lowest BCUT2D eigenvalue weighted by atomic mass is 10.3. The van der Waals surface area contributed by atoms with Gasteiger partial charge in [-0.2, -0.15) is 0 Å². The molecule has 2 rings (SSSR count). The number of nitrogens with one attached hydrogen (secondary N) is 1. The van der Waals surface area contributed by atoms with Crippen molar-refractivity contribution in [2.45, 2.75) is 12.2 Å². The molecule has 4 nitrogen and oxygen atoms in total. The second kappa shape index (κ2) is 7.10. The minimum atomic E-state index is 0.177. The van der Waals surface area contributed by atoms with Crippen molar-refractivity contribution in [2.24, 2.45) is 0 Å². The van der Waals surface area contributed by atoms with E-state index in [0.29, 0.717) is 0 Å². The predicted molar refractivity (Wildman–Crippen MR) is 78.0 cm³/mol. The van der Waals surface area contributed by atoms with Crippen LogP contribution in [-0.4, -0.2) is 57.5 Å². The molecule has 1 aliphatic rings. The summed E-state index contributed by atoms with van der Waals surface area (Å²) in [6.45, 7) is 3.69. The maximum absolute atomic E-state index is 5.94. The first-order chi connectivity index (χ1) is 9.22. The normalized spacial score (nSPS) is 23.7. The molecule has 1 aliphatic heterocycles. The molecule has 1 fully saturated rings. The Morgan fingerprint density at radius 3 is 2.53 bits per heavy atom. The third-order valence-corrected chi connectivity index (χ3v) is 3.71. The first-order valence-corrected chi connectivity index (χ1v) is 6.88. The smallest absolute Gasteiger partial charge is 0.0971 e. The molecule has 0 aromatic heterocycles. The molecule has 2 unspecified atom stereocenters. The second-order valence-electron chi connectivity index (χ2n) is 4.75. The van der Waals surface area contributed by atoms with Crippen LogP contribution < -0.4 is 5.32 Å². The average Bonchev–Trinajstić information content (AvgIpc) is 2.81. The van der Waals surface area contributed by atoms with Gasteiger partial charge < -0.3 is 14.8 Å². The van der Waals surface area contributed by atoms with Crippen molar-refractivity contribution < 1.29 is 9.47 Å². The Bertz CT molecular complexity index is 391. The average molecular weight is 285 g/mol. The Labute approximate surface area is 119 Å². The highest BCUT2D eigenvalue weighted by Gasteiger charge is 2.32. The van der Waals surface area contributed by atoms with Crippen molar-refractivity contribution in [3.05, 3.63) is 29.3 Å². The van der Waals surface area contributed by atoms with E-state index in [4.69, 9.17) is 21.1 Å². The minimum Gasteiger partial charge on any atom is -0.384 e. The minimum absolute atomic E-state index is 0.177. The summed E-state index contributed by atoms with van der Waals surface area (Å²) in [5.41, 5.74) is 1.05. The number of halogens is 1. The molecule has 0 spiro atoms. The molecular formula is C14H21ClN2O2. The van der Waals surface area contributed by atoms with E-state index in [1.807, 2.05) is 24.3 Å². The summed E-state index contributed by atoms with van der Waals surface area (Å²) in [6, 6.07) is 7.77. The highest BCUT2D eigenvalue weighted by atomic mass is 35.5. The van der Waals surface area contributed by atoms with Crippen molar-refractivity contribution in [1.29, 1.82) is 0 Å². The van der Waals surface area contributed by atoms with E-state index in [-0.39, 0.29) is 12.2 Å². The molecule has 0 bridgehead atoms. The van der Waals surface area contributed by atoms with Gasteiger partial charge in [0.25, 0.3) is 0 Å². The van der Waals surface area contributed by atoms with Gasteiger partial charge in [-0.25, -0.2) is 0 Å². The first kappa shape index (κ1) is 14.6. The zero-order chi connectivity index (χ0) is 13.7. The molecule has 1 aromatic rings. The SMILES string of the molecule is COC1CN(CCNc2cccc(Cl)c2)CC1OC. The molecule has 106 valence electrons. The molecule has 1 N–H and O–H groups in total. The standard InChI is InChI=1S/C14H21ClN2O2/c1-18-13-9-17(10-14(13)19-2)7-6-16-12-5-3-4-11(15)8-12/h3-5,8,13-14,16H,6-7,9-10H2,1-2H3. The lowest BCUT2D eigenvalue weighted by molar-refractivity contribution is -0.00461. The van der Waals surface area contributed by atoms with Crippen LogP contribution in [0.1, 0.15) is 0 Å². The van der Waals surface area contributed by atoms with Crippen LogP contribution in [0.5, 0.6) is 0 Å². The van der Waals surface area contributed by atoms with Crippen LogP contribution >= 0.6 is 11.6 Å². The molecule has 0 radical (unpaired) electrons. The zero-order valence-electron chi connectivity index (χ0n) is 11.4. The summed E-state index contributed by atoms with van der Waals surface area (Å²) >= 11 is 5.94. The van der Waals surface area contributed by atoms with E-state index in [9.17, 15) is 0 Å². The van der Waals surface area contributed by atoms with Crippen LogP contribution in [0.2, 0.25) is 5.02 Å². The Kier molecular flexibility index (Phi) is 5.45. The van der Waals surface area contributed by atoms with Gasteiger partial charge in [-0.05, 0) is 18.2 Å². The summed E-state index contributed by atoms with van der Waals surface area (Å²) in [7, 11) is 3.48. The van der Waals surface area contributed by atoms with Crippen LogP contribution in [0.4, 0.5) is 5.69 Å². The van der Waals surface area contributed by atoms with Gasteiger partial charge in [0.1, 0.15) is 0 Å².